The topological polar surface area (TPSA) is 73.9 Å². The Hall–Kier alpha value is -1.43. The van der Waals surface area contributed by atoms with Gasteiger partial charge in [-0.1, -0.05) is 0 Å². The molecule has 1 amide bonds. The normalized spacial score (nSPS) is 21.2. The van der Waals surface area contributed by atoms with Gasteiger partial charge in [0.15, 0.2) is 5.69 Å². The highest BCUT2D eigenvalue weighted by molar-refractivity contribution is 5.91. The lowest BCUT2D eigenvalue weighted by Crippen LogP contribution is -2.45. The van der Waals surface area contributed by atoms with Crippen molar-refractivity contribution in [1.82, 2.24) is 25.6 Å². The first-order chi connectivity index (χ1) is 8.83. The van der Waals surface area contributed by atoms with Crippen molar-refractivity contribution in [2.75, 3.05) is 19.6 Å². The van der Waals surface area contributed by atoms with Crippen LogP contribution in [0, 0.1) is 5.92 Å². The van der Waals surface area contributed by atoms with E-state index in [1.54, 1.807) is 0 Å². The SMILES string of the molecule is O=C(c1cn[nH]n1)N1CCC(NCC2CC2)CC1. The average molecular weight is 249 g/mol. The van der Waals surface area contributed by atoms with Gasteiger partial charge in [0.05, 0.1) is 6.20 Å². The molecule has 2 N–H and O–H groups in total. The Morgan fingerprint density at radius 1 is 1.39 bits per heavy atom. The number of carbonyl (C=O) groups is 1. The van der Waals surface area contributed by atoms with Gasteiger partial charge in [0.1, 0.15) is 0 Å². The number of H-pyrrole nitrogens is 1. The fraction of sp³-hybridized carbons (Fsp3) is 0.750. The Kier molecular flexibility index (Phi) is 3.27. The highest BCUT2D eigenvalue weighted by Gasteiger charge is 2.26. The van der Waals surface area contributed by atoms with Gasteiger partial charge in [-0.25, -0.2) is 0 Å². The van der Waals surface area contributed by atoms with E-state index >= 15 is 0 Å². The van der Waals surface area contributed by atoms with Crippen molar-refractivity contribution in [3.63, 3.8) is 0 Å². The van der Waals surface area contributed by atoms with Crippen molar-refractivity contribution in [1.29, 1.82) is 0 Å². The fourth-order valence-corrected chi connectivity index (χ4v) is 2.41. The molecule has 18 heavy (non-hydrogen) atoms. The van der Waals surface area contributed by atoms with Crippen LogP contribution >= 0.6 is 0 Å². The van der Waals surface area contributed by atoms with E-state index < -0.39 is 0 Å². The van der Waals surface area contributed by atoms with Gasteiger partial charge in [0.2, 0.25) is 0 Å². The maximum absolute atomic E-state index is 12.0. The predicted molar refractivity (Wildman–Crippen MR) is 66.0 cm³/mol. The molecule has 1 aromatic rings. The lowest BCUT2D eigenvalue weighted by atomic mass is 10.0. The van der Waals surface area contributed by atoms with Crippen molar-refractivity contribution < 1.29 is 4.79 Å². The van der Waals surface area contributed by atoms with Gasteiger partial charge < -0.3 is 10.2 Å². The van der Waals surface area contributed by atoms with Crippen molar-refractivity contribution in [2.45, 2.75) is 31.7 Å². The average Bonchev–Trinajstić information content (AvgIpc) is 3.08. The Morgan fingerprint density at radius 2 is 2.17 bits per heavy atom. The summed E-state index contributed by atoms with van der Waals surface area (Å²) in [5, 5.41) is 13.6. The Labute approximate surface area is 106 Å². The number of likely N-dealkylation sites (tertiary alicyclic amines) is 1. The van der Waals surface area contributed by atoms with Gasteiger partial charge in [0, 0.05) is 19.1 Å². The van der Waals surface area contributed by atoms with E-state index in [0.29, 0.717) is 11.7 Å². The summed E-state index contributed by atoms with van der Waals surface area (Å²) in [6, 6.07) is 0.576. The highest BCUT2D eigenvalue weighted by Crippen LogP contribution is 2.28. The molecule has 0 unspecified atom stereocenters. The molecule has 1 aliphatic heterocycles. The summed E-state index contributed by atoms with van der Waals surface area (Å²) in [7, 11) is 0. The summed E-state index contributed by atoms with van der Waals surface area (Å²) >= 11 is 0. The second-order valence-corrected chi connectivity index (χ2v) is 5.27. The molecular formula is C12H19N5O. The van der Waals surface area contributed by atoms with E-state index in [9.17, 15) is 4.79 Å². The molecule has 1 aromatic heterocycles. The smallest absolute Gasteiger partial charge is 0.276 e. The number of carbonyl (C=O) groups excluding carboxylic acids is 1. The van der Waals surface area contributed by atoms with Gasteiger partial charge >= 0.3 is 0 Å². The summed E-state index contributed by atoms with van der Waals surface area (Å²) in [6.07, 6.45) is 6.33. The van der Waals surface area contributed by atoms with Crippen LogP contribution in [0.25, 0.3) is 0 Å². The molecule has 3 rings (SSSR count). The first kappa shape index (κ1) is 11.6. The van der Waals surface area contributed by atoms with Crippen LogP contribution in [0.15, 0.2) is 6.20 Å². The number of aromatic nitrogens is 3. The number of piperidine rings is 1. The van der Waals surface area contributed by atoms with Crippen LogP contribution in [-0.2, 0) is 0 Å². The van der Waals surface area contributed by atoms with Crippen molar-refractivity contribution in [2.24, 2.45) is 5.92 Å². The summed E-state index contributed by atoms with van der Waals surface area (Å²) in [6.45, 7) is 2.78. The van der Waals surface area contributed by atoms with Gasteiger partial charge in [-0.05, 0) is 38.1 Å². The third kappa shape index (κ3) is 2.69. The molecule has 0 bridgehead atoms. The Bertz CT molecular complexity index is 393. The zero-order valence-corrected chi connectivity index (χ0v) is 10.4. The monoisotopic (exact) mass is 249 g/mol. The van der Waals surface area contributed by atoms with Gasteiger partial charge in [-0.2, -0.15) is 15.4 Å². The molecule has 1 saturated carbocycles. The minimum Gasteiger partial charge on any atom is -0.337 e. The van der Waals surface area contributed by atoms with Crippen LogP contribution in [0.2, 0.25) is 0 Å². The van der Waals surface area contributed by atoms with Crippen LogP contribution in [-0.4, -0.2) is 51.9 Å². The third-order valence-corrected chi connectivity index (χ3v) is 3.81. The largest absolute Gasteiger partial charge is 0.337 e. The fourth-order valence-electron chi connectivity index (χ4n) is 2.41. The molecule has 98 valence electrons. The molecule has 2 aliphatic rings. The van der Waals surface area contributed by atoms with Crippen LogP contribution in [0.4, 0.5) is 0 Å². The number of aromatic amines is 1. The lowest BCUT2D eigenvalue weighted by molar-refractivity contribution is 0.0699. The predicted octanol–water partition coefficient (Wildman–Crippen LogP) is 0.409. The zero-order chi connectivity index (χ0) is 12.4. The van der Waals surface area contributed by atoms with E-state index in [-0.39, 0.29) is 5.91 Å². The number of rotatable bonds is 4. The molecule has 1 saturated heterocycles. The molecule has 6 nitrogen and oxygen atoms in total. The zero-order valence-electron chi connectivity index (χ0n) is 10.4. The second-order valence-electron chi connectivity index (χ2n) is 5.27. The van der Waals surface area contributed by atoms with Crippen molar-refractivity contribution >= 4 is 5.91 Å². The molecule has 2 fully saturated rings. The summed E-state index contributed by atoms with van der Waals surface area (Å²) in [4.78, 5) is 13.9. The number of nitrogens with zero attached hydrogens (tertiary/aromatic N) is 3. The maximum atomic E-state index is 12.0. The van der Waals surface area contributed by atoms with Crippen LogP contribution in [0.3, 0.4) is 0 Å². The van der Waals surface area contributed by atoms with E-state index in [0.717, 1.165) is 38.4 Å². The molecule has 0 aromatic carbocycles. The van der Waals surface area contributed by atoms with E-state index in [2.05, 4.69) is 20.7 Å². The third-order valence-electron chi connectivity index (χ3n) is 3.81. The minimum atomic E-state index is -0.00982. The highest BCUT2D eigenvalue weighted by atomic mass is 16.2. The lowest BCUT2D eigenvalue weighted by Gasteiger charge is -2.32. The molecule has 0 radical (unpaired) electrons. The van der Waals surface area contributed by atoms with E-state index in [1.807, 2.05) is 4.90 Å². The maximum Gasteiger partial charge on any atom is 0.276 e. The first-order valence-electron chi connectivity index (χ1n) is 6.71. The number of hydrogen-bond donors (Lipinski definition) is 2. The number of nitrogens with one attached hydrogen (secondary N) is 2. The van der Waals surface area contributed by atoms with E-state index in [4.69, 9.17) is 0 Å². The Morgan fingerprint density at radius 3 is 2.78 bits per heavy atom. The molecule has 0 spiro atoms. The first-order valence-corrected chi connectivity index (χ1v) is 6.71. The number of amides is 1. The van der Waals surface area contributed by atoms with Gasteiger partial charge in [0.25, 0.3) is 5.91 Å². The Balaban J connectivity index is 1.45. The molecular weight excluding hydrogens is 230 g/mol. The summed E-state index contributed by atoms with van der Waals surface area (Å²) in [5.41, 5.74) is 0.416. The van der Waals surface area contributed by atoms with Crippen molar-refractivity contribution in [3.05, 3.63) is 11.9 Å². The van der Waals surface area contributed by atoms with Crippen LogP contribution in [0.5, 0.6) is 0 Å². The minimum absolute atomic E-state index is 0.00982. The molecule has 2 heterocycles. The summed E-state index contributed by atoms with van der Waals surface area (Å²) < 4.78 is 0. The van der Waals surface area contributed by atoms with Crippen LogP contribution in [0.1, 0.15) is 36.2 Å². The van der Waals surface area contributed by atoms with Crippen molar-refractivity contribution in [3.8, 4) is 0 Å². The van der Waals surface area contributed by atoms with Gasteiger partial charge in [-0.3, -0.25) is 4.79 Å². The quantitative estimate of drug-likeness (QED) is 0.810. The standard InChI is InChI=1S/C12H19N5O/c18-12(11-8-14-16-15-11)17-5-3-10(4-6-17)13-7-9-1-2-9/h8-10,13H,1-7H2,(H,14,15,16). The molecule has 0 atom stereocenters. The second kappa shape index (κ2) is 5.06. The van der Waals surface area contributed by atoms with E-state index in [1.165, 1.54) is 19.0 Å². The van der Waals surface area contributed by atoms with Crippen LogP contribution < -0.4 is 5.32 Å². The van der Waals surface area contributed by atoms with Gasteiger partial charge in [-0.15, -0.1) is 0 Å². The molecule has 6 heteroatoms. The summed E-state index contributed by atoms with van der Waals surface area (Å²) in [5.74, 6) is 0.907. The number of hydrogen-bond acceptors (Lipinski definition) is 4. The molecule has 1 aliphatic carbocycles.